The van der Waals surface area contributed by atoms with Gasteiger partial charge in [-0.15, -0.1) is 0 Å². The van der Waals surface area contributed by atoms with Crippen LogP contribution in [0.15, 0.2) is 6.20 Å². The van der Waals surface area contributed by atoms with Gasteiger partial charge in [-0.2, -0.15) is 0 Å². The molecular formula is C3H5N6O6+. The van der Waals surface area contributed by atoms with Crippen LogP contribution in [0.2, 0.25) is 0 Å². The summed E-state index contributed by atoms with van der Waals surface area (Å²) in [4.78, 5) is 31.0. The fourth-order valence-corrected chi connectivity index (χ4v) is 0.682. The SMILES string of the molecule is O=[N+]([O-])c1cn([N+](=O)[O-])c([N+](=O)[O-])n1.[NH4+]. The summed E-state index contributed by atoms with van der Waals surface area (Å²) < 4.78 is -0.127. The van der Waals surface area contributed by atoms with Gasteiger partial charge in [0.05, 0.1) is 4.68 Å². The van der Waals surface area contributed by atoms with E-state index in [0.29, 0.717) is 6.20 Å². The second-order valence-electron chi connectivity index (χ2n) is 2.00. The Balaban J connectivity index is 0.00000196. The number of hydrogen-bond donors (Lipinski definition) is 1. The molecule has 0 aromatic carbocycles. The van der Waals surface area contributed by atoms with Crippen molar-refractivity contribution in [2.75, 3.05) is 0 Å². The van der Waals surface area contributed by atoms with Crippen molar-refractivity contribution in [3.8, 4) is 0 Å². The molecule has 1 heterocycles. The lowest BCUT2D eigenvalue weighted by atomic mass is 10.8. The molecule has 0 aliphatic heterocycles. The Kier molecular flexibility index (Phi) is 3.34. The minimum atomic E-state index is -1.21. The molecule has 0 aliphatic carbocycles. The summed E-state index contributed by atoms with van der Waals surface area (Å²) in [6.45, 7) is 0. The number of hydrogen-bond acceptors (Lipinski definition) is 7. The van der Waals surface area contributed by atoms with Crippen molar-refractivity contribution in [2.45, 2.75) is 0 Å². The van der Waals surface area contributed by atoms with Crippen LogP contribution in [-0.2, 0) is 0 Å². The van der Waals surface area contributed by atoms with Crippen molar-refractivity contribution < 1.29 is 14.9 Å². The molecule has 0 bridgehead atoms. The van der Waals surface area contributed by atoms with E-state index in [2.05, 4.69) is 4.98 Å². The number of quaternary nitrogens is 1. The molecule has 0 atom stereocenters. The van der Waals surface area contributed by atoms with E-state index in [9.17, 15) is 30.3 Å². The van der Waals surface area contributed by atoms with Gasteiger partial charge in [0.25, 0.3) is 0 Å². The summed E-state index contributed by atoms with van der Waals surface area (Å²) in [7, 11) is 0. The molecule has 0 amide bonds. The van der Waals surface area contributed by atoms with E-state index in [4.69, 9.17) is 0 Å². The zero-order valence-corrected chi connectivity index (χ0v) is 7.26. The lowest BCUT2D eigenvalue weighted by molar-refractivity contribution is -0.561. The first kappa shape index (κ1) is 12.4. The lowest BCUT2D eigenvalue weighted by Gasteiger charge is -1.88. The Hall–Kier alpha value is -2.63. The largest absolute Gasteiger partial charge is 0.501 e. The molecule has 1 rings (SSSR count). The Morgan fingerprint density at radius 1 is 1.13 bits per heavy atom. The van der Waals surface area contributed by atoms with E-state index in [-0.39, 0.29) is 10.8 Å². The first-order valence-corrected chi connectivity index (χ1v) is 2.96. The van der Waals surface area contributed by atoms with Crippen LogP contribution in [0.25, 0.3) is 0 Å². The average Bonchev–Trinajstić information content (AvgIpc) is 2.47. The predicted octanol–water partition coefficient (Wildman–Crippen LogP) is 0.115. The molecule has 0 spiro atoms. The van der Waals surface area contributed by atoms with Crippen molar-refractivity contribution in [1.82, 2.24) is 15.8 Å². The second kappa shape index (κ2) is 4.05. The third-order valence-corrected chi connectivity index (χ3v) is 1.18. The minimum Gasteiger partial charge on any atom is -0.390 e. The fourth-order valence-electron chi connectivity index (χ4n) is 0.682. The van der Waals surface area contributed by atoms with Crippen LogP contribution in [0.5, 0.6) is 0 Å². The molecule has 12 heteroatoms. The van der Waals surface area contributed by atoms with E-state index in [1.807, 2.05) is 0 Å². The maximum atomic E-state index is 10.2. The van der Waals surface area contributed by atoms with Gasteiger partial charge in [-0.3, -0.25) is 0 Å². The Morgan fingerprint density at radius 3 is 1.93 bits per heavy atom. The van der Waals surface area contributed by atoms with Gasteiger partial charge in [-0.05, 0) is 14.8 Å². The van der Waals surface area contributed by atoms with Crippen molar-refractivity contribution in [1.29, 1.82) is 0 Å². The van der Waals surface area contributed by atoms with Gasteiger partial charge < -0.3 is 26.4 Å². The molecule has 0 fully saturated rings. The van der Waals surface area contributed by atoms with Gasteiger partial charge in [0.15, 0.2) is 0 Å². The highest BCUT2D eigenvalue weighted by Gasteiger charge is 2.30. The topological polar surface area (TPSA) is 184 Å². The summed E-state index contributed by atoms with van der Waals surface area (Å²) in [5, 5.41) is 29.2. The van der Waals surface area contributed by atoms with E-state index in [0.717, 1.165) is 0 Å². The van der Waals surface area contributed by atoms with Crippen LogP contribution in [0.1, 0.15) is 0 Å². The fraction of sp³-hybridized carbons (Fsp3) is 0. The summed E-state index contributed by atoms with van der Waals surface area (Å²) >= 11 is 0. The zero-order chi connectivity index (χ0) is 10.9. The van der Waals surface area contributed by atoms with E-state index in [1.54, 1.807) is 0 Å². The number of imidazole rings is 1. The molecule has 0 aliphatic rings. The van der Waals surface area contributed by atoms with Gasteiger partial charge >= 0.3 is 11.8 Å². The normalized spacial score (nSPS) is 9.07. The first-order chi connectivity index (χ1) is 6.43. The predicted molar refractivity (Wildman–Crippen MR) is 43.9 cm³/mol. The van der Waals surface area contributed by atoms with E-state index >= 15 is 0 Å². The van der Waals surface area contributed by atoms with Crippen LogP contribution < -0.4 is 6.15 Å². The molecule has 4 N–H and O–H groups in total. The standard InChI is InChI=1S/C3HN5O6.H3N/c9-6(10)2-1-5(8(13)14)3(4-2)7(11)12;/h1H;1H3/p+1. The van der Waals surface area contributed by atoms with Crippen LogP contribution in [0.3, 0.4) is 0 Å². The Labute approximate surface area is 80.1 Å². The highest BCUT2D eigenvalue weighted by atomic mass is 16.7. The van der Waals surface area contributed by atoms with E-state index < -0.39 is 26.6 Å². The van der Waals surface area contributed by atoms with Crippen LogP contribution in [0, 0.1) is 30.3 Å². The summed E-state index contributed by atoms with van der Waals surface area (Å²) in [5.74, 6) is -2.16. The van der Waals surface area contributed by atoms with Gasteiger partial charge in [0.2, 0.25) is 11.2 Å². The van der Waals surface area contributed by atoms with Gasteiger partial charge in [0.1, 0.15) is 0 Å². The van der Waals surface area contributed by atoms with Crippen LogP contribution in [0.4, 0.5) is 11.8 Å². The molecule has 0 saturated carbocycles. The monoisotopic (exact) mass is 221 g/mol. The lowest BCUT2D eigenvalue weighted by Crippen LogP contribution is -2.10. The van der Waals surface area contributed by atoms with Crippen molar-refractivity contribution >= 4 is 11.8 Å². The maximum Gasteiger partial charge on any atom is 0.501 e. The molecule has 0 saturated heterocycles. The molecule has 15 heavy (non-hydrogen) atoms. The maximum absolute atomic E-state index is 10.2. The number of nitro groups is 3. The molecule has 0 unspecified atom stereocenters. The van der Waals surface area contributed by atoms with Gasteiger partial charge in [-0.25, -0.2) is 10.1 Å². The second-order valence-corrected chi connectivity index (χ2v) is 2.00. The Morgan fingerprint density at radius 2 is 1.67 bits per heavy atom. The molecule has 1 aromatic heterocycles. The smallest absolute Gasteiger partial charge is 0.390 e. The van der Waals surface area contributed by atoms with Crippen molar-refractivity contribution in [3.63, 3.8) is 0 Å². The summed E-state index contributed by atoms with van der Waals surface area (Å²) in [6, 6.07) is 0. The average molecular weight is 221 g/mol. The molecule has 1 aromatic rings. The summed E-state index contributed by atoms with van der Waals surface area (Å²) in [5.41, 5.74) is 0. The molecule has 12 nitrogen and oxygen atoms in total. The van der Waals surface area contributed by atoms with Gasteiger partial charge in [0, 0.05) is 0 Å². The molecule has 82 valence electrons. The van der Waals surface area contributed by atoms with Crippen LogP contribution >= 0.6 is 0 Å². The quantitative estimate of drug-likeness (QED) is 0.554. The number of rotatable bonds is 3. The summed E-state index contributed by atoms with van der Waals surface area (Å²) in [6.07, 6.45) is 0.359. The number of aromatic nitrogens is 2. The van der Waals surface area contributed by atoms with Crippen molar-refractivity contribution in [3.05, 3.63) is 36.5 Å². The minimum absolute atomic E-state index is 0. The zero-order valence-electron chi connectivity index (χ0n) is 7.26. The third-order valence-electron chi connectivity index (χ3n) is 1.18. The van der Waals surface area contributed by atoms with Crippen LogP contribution in [-0.4, -0.2) is 24.5 Å². The molecular weight excluding hydrogens is 216 g/mol. The van der Waals surface area contributed by atoms with Crippen molar-refractivity contribution in [2.24, 2.45) is 0 Å². The first-order valence-electron chi connectivity index (χ1n) is 2.96. The Bertz CT molecular complexity index is 391. The van der Waals surface area contributed by atoms with E-state index in [1.165, 1.54) is 0 Å². The highest BCUT2D eigenvalue weighted by molar-refractivity contribution is 5.22. The highest BCUT2D eigenvalue weighted by Crippen LogP contribution is 2.16. The third kappa shape index (κ3) is 2.19. The molecule has 0 radical (unpaired) electrons. The number of nitrogens with zero attached hydrogens (tertiary/aromatic N) is 5. The van der Waals surface area contributed by atoms with Gasteiger partial charge in [-0.1, -0.05) is 0 Å².